The zero-order valence-electron chi connectivity index (χ0n) is 22.5. The van der Waals surface area contributed by atoms with Crippen LogP contribution in [0, 0.1) is 0 Å². The van der Waals surface area contributed by atoms with Crippen molar-refractivity contribution in [1.29, 1.82) is 0 Å². The summed E-state index contributed by atoms with van der Waals surface area (Å²) >= 11 is 0. The molecule has 194 valence electrons. The van der Waals surface area contributed by atoms with Crippen molar-refractivity contribution in [3.8, 4) is 44.5 Å². The van der Waals surface area contributed by atoms with E-state index in [-0.39, 0.29) is 0 Å². The molecule has 2 heterocycles. The average Bonchev–Trinajstić information content (AvgIpc) is 3.71. The molecule has 9 aromatic rings. The van der Waals surface area contributed by atoms with Crippen molar-refractivity contribution in [2.24, 2.45) is 0 Å². The van der Waals surface area contributed by atoms with Crippen LogP contribution in [0.15, 0.2) is 142 Å². The Hall–Kier alpha value is -5.60. The lowest BCUT2D eigenvalue weighted by Crippen LogP contribution is -1.84. The fourth-order valence-electron chi connectivity index (χ4n) is 7.22. The van der Waals surface area contributed by atoms with Crippen LogP contribution in [0.1, 0.15) is 0 Å². The molecule has 7 aromatic carbocycles. The quantitative estimate of drug-likeness (QED) is 0.220. The molecule has 0 radical (unpaired) electrons. The van der Waals surface area contributed by atoms with Gasteiger partial charge < -0.3 is 8.83 Å². The van der Waals surface area contributed by atoms with Crippen molar-refractivity contribution in [1.82, 2.24) is 0 Å². The van der Waals surface area contributed by atoms with E-state index in [0.717, 1.165) is 55.0 Å². The first kappa shape index (κ1) is 22.1. The first-order valence-electron chi connectivity index (χ1n) is 14.3. The highest BCUT2D eigenvalue weighted by atomic mass is 16.3. The zero-order valence-corrected chi connectivity index (χ0v) is 22.5. The van der Waals surface area contributed by atoms with Gasteiger partial charge in [-0.1, -0.05) is 91.0 Å². The highest BCUT2D eigenvalue weighted by Gasteiger charge is 2.23. The fraction of sp³-hybridized carbons (Fsp3) is 0. The molecular weight excluding hydrogens is 512 g/mol. The van der Waals surface area contributed by atoms with Gasteiger partial charge in [0.2, 0.25) is 0 Å². The SMILES string of the molecule is c1ccc2c(c1)-c1cccc3cc(-c4cccc5oc6ccc(-c7cccc8oc9ccccc9c78)cc6c45)cc-2c13. The lowest BCUT2D eigenvalue weighted by atomic mass is 9.93. The van der Waals surface area contributed by atoms with E-state index in [9.17, 15) is 0 Å². The van der Waals surface area contributed by atoms with Gasteiger partial charge in [0.15, 0.2) is 0 Å². The largest absolute Gasteiger partial charge is 0.456 e. The zero-order chi connectivity index (χ0) is 27.4. The molecule has 0 saturated carbocycles. The highest BCUT2D eigenvalue weighted by molar-refractivity contribution is 6.19. The summed E-state index contributed by atoms with van der Waals surface area (Å²) in [7, 11) is 0. The predicted molar refractivity (Wildman–Crippen MR) is 174 cm³/mol. The van der Waals surface area contributed by atoms with E-state index in [1.54, 1.807) is 0 Å². The molecule has 42 heavy (non-hydrogen) atoms. The third kappa shape index (κ3) is 2.88. The van der Waals surface area contributed by atoms with E-state index in [4.69, 9.17) is 8.83 Å². The molecule has 0 atom stereocenters. The molecule has 0 saturated heterocycles. The molecule has 0 N–H and O–H groups in total. The van der Waals surface area contributed by atoms with Gasteiger partial charge in [0.05, 0.1) is 0 Å². The molecule has 2 nitrogen and oxygen atoms in total. The summed E-state index contributed by atoms with van der Waals surface area (Å²) in [5, 5.41) is 7.15. The van der Waals surface area contributed by atoms with E-state index in [1.165, 1.54) is 44.2 Å². The smallest absolute Gasteiger partial charge is 0.136 e. The minimum atomic E-state index is 0.892. The van der Waals surface area contributed by atoms with Crippen LogP contribution in [-0.2, 0) is 0 Å². The van der Waals surface area contributed by atoms with Crippen molar-refractivity contribution in [3.63, 3.8) is 0 Å². The van der Waals surface area contributed by atoms with Crippen LogP contribution in [0.25, 0.3) is 99.2 Å². The third-order valence-corrected chi connectivity index (χ3v) is 9.00. The molecule has 1 aliphatic rings. The van der Waals surface area contributed by atoms with Crippen LogP contribution < -0.4 is 0 Å². The second-order valence-electron chi connectivity index (χ2n) is 11.2. The Morgan fingerprint density at radius 3 is 1.74 bits per heavy atom. The summed E-state index contributed by atoms with van der Waals surface area (Å²) in [6.45, 7) is 0. The van der Waals surface area contributed by atoms with Crippen molar-refractivity contribution in [2.45, 2.75) is 0 Å². The van der Waals surface area contributed by atoms with Crippen molar-refractivity contribution < 1.29 is 8.83 Å². The molecule has 2 heteroatoms. The van der Waals surface area contributed by atoms with E-state index in [0.29, 0.717) is 0 Å². The first-order valence-corrected chi connectivity index (χ1v) is 14.3. The fourth-order valence-corrected chi connectivity index (χ4v) is 7.22. The van der Waals surface area contributed by atoms with Crippen molar-refractivity contribution in [2.75, 3.05) is 0 Å². The summed E-state index contributed by atoms with van der Waals surface area (Å²) in [6, 6.07) is 47.7. The molecule has 10 rings (SSSR count). The summed E-state index contributed by atoms with van der Waals surface area (Å²) in [4.78, 5) is 0. The number of para-hydroxylation sites is 1. The van der Waals surface area contributed by atoms with Gasteiger partial charge >= 0.3 is 0 Å². The molecule has 0 amide bonds. The van der Waals surface area contributed by atoms with Crippen molar-refractivity contribution >= 4 is 54.6 Å². The minimum Gasteiger partial charge on any atom is -0.456 e. The molecule has 0 unspecified atom stereocenters. The first-order chi connectivity index (χ1) is 20.8. The van der Waals surface area contributed by atoms with Crippen molar-refractivity contribution in [3.05, 3.63) is 133 Å². The van der Waals surface area contributed by atoms with Gasteiger partial charge in [-0.3, -0.25) is 0 Å². The molecular formula is C40H22O2. The average molecular weight is 535 g/mol. The predicted octanol–water partition coefficient (Wildman–Crippen LogP) is 11.6. The lowest BCUT2D eigenvalue weighted by Gasteiger charge is -2.10. The summed E-state index contributed by atoms with van der Waals surface area (Å²) < 4.78 is 12.6. The van der Waals surface area contributed by atoms with Gasteiger partial charge in [0, 0.05) is 21.5 Å². The van der Waals surface area contributed by atoms with Crippen LogP contribution in [0.4, 0.5) is 0 Å². The Bertz CT molecular complexity index is 2580. The van der Waals surface area contributed by atoms with E-state index in [2.05, 4.69) is 121 Å². The normalized spacial score (nSPS) is 12.3. The molecule has 1 aliphatic carbocycles. The van der Waals surface area contributed by atoms with Gasteiger partial charge in [-0.25, -0.2) is 0 Å². The summed E-state index contributed by atoms with van der Waals surface area (Å²) in [5.74, 6) is 0. The van der Waals surface area contributed by atoms with Crippen LogP contribution in [-0.4, -0.2) is 0 Å². The van der Waals surface area contributed by atoms with Crippen LogP contribution in [0.5, 0.6) is 0 Å². The maximum Gasteiger partial charge on any atom is 0.136 e. The number of furan rings is 2. The maximum absolute atomic E-state index is 6.44. The number of hydrogen-bond donors (Lipinski definition) is 0. The second kappa shape index (κ2) is 7.99. The minimum absolute atomic E-state index is 0.892. The Kier molecular flexibility index (Phi) is 4.21. The molecule has 2 aromatic heterocycles. The molecule has 0 spiro atoms. The number of fused-ring (bicyclic) bond motifs is 9. The van der Waals surface area contributed by atoms with Gasteiger partial charge in [0.25, 0.3) is 0 Å². The van der Waals surface area contributed by atoms with Crippen LogP contribution >= 0.6 is 0 Å². The standard InChI is InChI=1S/C40H22O2/c1-2-10-29-28(9-1)30-14-5-8-24-20-25(22-32(29)38(24)30)27-13-7-17-37-40(27)33-21-23(18-19-35(33)42-37)26-12-6-16-36-39(26)31-11-3-4-15-34(31)41-36/h1-22H. The van der Waals surface area contributed by atoms with Crippen LogP contribution in [0.2, 0.25) is 0 Å². The Labute approximate surface area is 241 Å². The van der Waals surface area contributed by atoms with Crippen LogP contribution in [0.3, 0.4) is 0 Å². The number of benzene rings is 7. The molecule has 0 fully saturated rings. The summed E-state index contributed by atoms with van der Waals surface area (Å²) in [6.07, 6.45) is 0. The number of rotatable bonds is 2. The highest BCUT2D eigenvalue weighted by Crippen LogP contribution is 2.49. The summed E-state index contributed by atoms with van der Waals surface area (Å²) in [5.41, 5.74) is 13.5. The van der Waals surface area contributed by atoms with E-state index in [1.807, 2.05) is 12.1 Å². The third-order valence-electron chi connectivity index (χ3n) is 9.00. The lowest BCUT2D eigenvalue weighted by molar-refractivity contribution is 0.669. The van der Waals surface area contributed by atoms with Gasteiger partial charge in [-0.05, 0) is 97.7 Å². The van der Waals surface area contributed by atoms with E-state index < -0.39 is 0 Å². The molecule has 0 bridgehead atoms. The van der Waals surface area contributed by atoms with Gasteiger partial charge in [0.1, 0.15) is 22.3 Å². The number of hydrogen-bond acceptors (Lipinski definition) is 2. The van der Waals surface area contributed by atoms with Gasteiger partial charge in [-0.2, -0.15) is 0 Å². The molecule has 0 aliphatic heterocycles. The Balaban J connectivity index is 1.24. The second-order valence-corrected chi connectivity index (χ2v) is 11.2. The van der Waals surface area contributed by atoms with E-state index >= 15 is 0 Å². The Morgan fingerprint density at radius 1 is 0.310 bits per heavy atom. The van der Waals surface area contributed by atoms with Gasteiger partial charge in [-0.15, -0.1) is 0 Å². The monoisotopic (exact) mass is 534 g/mol. The maximum atomic E-state index is 6.44. The Morgan fingerprint density at radius 2 is 0.905 bits per heavy atom. The topological polar surface area (TPSA) is 26.3 Å².